The number of hydrogen-bond acceptors (Lipinski definition) is 2. The molecule has 0 fully saturated rings. The number of rotatable bonds is 1. The van der Waals surface area contributed by atoms with Gasteiger partial charge in [0.15, 0.2) is 0 Å². The fourth-order valence-electron chi connectivity index (χ4n) is 2.18. The number of carbonyl (C=O) groups excluding carboxylic acids is 1. The van der Waals surface area contributed by atoms with Crippen LogP contribution in [0.4, 0.5) is 0 Å². The zero-order valence-corrected chi connectivity index (χ0v) is 12.4. The predicted octanol–water partition coefficient (Wildman–Crippen LogP) is 2.96. The number of hydrogen-bond donors (Lipinski definition) is 0. The highest BCUT2D eigenvalue weighted by Gasteiger charge is 2.23. The molecule has 1 aliphatic heterocycles. The van der Waals surface area contributed by atoms with Crippen molar-refractivity contribution in [1.29, 1.82) is 0 Å². The fourth-order valence-corrected chi connectivity index (χ4v) is 3.03. The van der Waals surface area contributed by atoms with Crippen LogP contribution < -0.4 is 0 Å². The Kier molecular flexibility index (Phi) is 3.33. The first kappa shape index (κ1) is 12.7. The molecule has 1 aromatic carbocycles. The van der Waals surface area contributed by atoms with Crippen molar-refractivity contribution in [2.24, 2.45) is 0 Å². The average Bonchev–Trinajstić information content (AvgIpc) is 2.85. The van der Waals surface area contributed by atoms with Crippen LogP contribution in [0, 0.1) is 0 Å². The lowest BCUT2D eigenvalue weighted by atomic mass is 10.2. The van der Waals surface area contributed by atoms with Crippen molar-refractivity contribution >= 4 is 33.4 Å². The fraction of sp³-hybridized carbons (Fsp3) is 0.231. The molecule has 0 aliphatic carbocycles. The Labute approximate surface area is 124 Å². The van der Waals surface area contributed by atoms with Gasteiger partial charge < -0.3 is 9.47 Å². The standard InChI is InChI=1S/C13H11BrClN3O/c14-11-7-9(15)1-2-10(11)13(19)18-6-5-17-4-3-16-12(17)8-18/h1-4,7H,5-6,8H2. The summed E-state index contributed by atoms with van der Waals surface area (Å²) < 4.78 is 2.79. The molecule has 6 heteroatoms. The molecular weight excluding hydrogens is 330 g/mol. The summed E-state index contributed by atoms with van der Waals surface area (Å²) in [5.41, 5.74) is 0.629. The summed E-state index contributed by atoms with van der Waals surface area (Å²) in [5.74, 6) is 0.919. The van der Waals surface area contributed by atoms with E-state index in [0.717, 1.165) is 16.8 Å². The van der Waals surface area contributed by atoms with Crippen molar-refractivity contribution in [3.8, 4) is 0 Å². The van der Waals surface area contributed by atoms with Crippen molar-refractivity contribution < 1.29 is 4.79 Å². The van der Waals surface area contributed by atoms with Crippen LogP contribution in [-0.2, 0) is 13.1 Å². The van der Waals surface area contributed by atoms with Crippen LogP contribution in [0.25, 0.3) is 0 Å². The quantitative estimate of drug-likeness (QED) is 0.800. The zero-order chi connectivity index (χ0) is 13.4. The van der Waals surface area contributed by atoms with E-state index >= 15 is 0 Å². The summed E-state index contributed by atoms with van der Waals surface area (Å²) in [4.78, 5) is 18.5. The van der Waals surface area contributed by atoms with Gasteiger partial charge in [0.2, 0.25) is 0 Å². The second-order valence-corrected chi connectivity index (χ2v) is 5.68. The Bertz CT molecular complexity index is 641. The topological polar surface area (TPSA) is 38.1 Å². The number of amides is 1. The Morgan fingerprint density at radius 2 is 2.21 bits per heavy atom. The van der Waals surface area contributed by atoms with Crippen LogP contribution in [0.1, 0.15) is 16.2 Å². The van der Waals surface area contributed by atoms with E-state index < -0.39 is 0 Å². The van der Waals surface area contributed by atoms with Crippen molar-refractivity contribution in [2.75, 3.05) is 6.54 Å². The lowest BCUT2D eigenvalue weighted by Gasteiger charge is -2.28. The molecule has 0 bridgehead atoms. The molecule has 98 valence electrons. The van der Waals surface area contributed by atoms with E-state index in [2.05, 4.69) is 25.5 Å². The van der Waals surface area contributed by atoms with E-state index in [1.807, 2.05) is 6.20 Å². The first-order valence-electron chi connectivity index (χ1n) is 5.89. The summed E-state index contributed by atoms with van der Waals surface area (Å²) in [7, 11) is 0. The SMILES string of the molecule is O=C(c1ccc(Cl)cc1Br)N1CCn2ccnc2C1. The Morgan fingerprint density at radius 3 is 3.00 bits per heavy atom. The molecule has 4 nitrogen and oxygen atoms in total. The van der Waals surface area contributed by atoms with Gasteiger partial charge in [0.1, 0.15) is 5.82 Å². The van der Waals surface area contributed by atoms with Crippen molar-refractivity contribution in [3.05, 3.63) is 51.5 Å². The Hall–Kier alpha value is -1.33. The molecule has 2 heterocycles. The first-order valence-corrected chi connectivity index (χ1v) is 7.06. The van der Waals surface area contributed by atoms with Gasteiger partial charge in [-0.3, -0.25) is 4.79 Å². The van der Waals surface area contributed by atoms with Gasteiger partial charge in [0, 0.05) is 35.0 Å². The zero-order valence-electron chi connectivity index (χ0n) is 10.0. The summed E-state index contributed by atoms with van der Waals surface area (Å²) in [6.45, 7) is 2.02. The highest BCUT2D eigenvalue weighted by molar-refractivity contribution is 9.10. The Morgan fingerprint density at radius 1 is 1.37 bits per heavy atom. The molecule has 0 saturated heterocycles. The van der Waals surface area contributed by atoms with E-state index in [0.29, 0.717) is 23.7 Å². The normalized spacial score (nSPS) is 14.3. The van der Waals surface area contributed by atoms with Crippen molar-refractivity contribution in [3.63, 3.8) is 0 Å². The molecule has 1 aliphatic rings. The van der Waals surface area contributed by atoms with E-state index in [-0.39, 0.29) is 5.91 Å². The lowest BCUT2D eigenvalue weighted by Crippen LogP contribution is -2.38. The van der Waals surface area contributed by atoms with E-state index in [1.165, 1.54) is 0 Å². The van der Waals surface area contributed by atoms with Crippen LogP contribution >= 0.6 is 27.5 Å². The molecule has 3 rings (SSSR count). The smallest absolute Gasteiger partial charge is 0.255 e. The van der Waals surface area contributed by atoms with Crippen LogP contribution in [0.15, 0.2) is 35.1 Å². The number of nitrogens with zero attached hydrogens (tertiary/aromatic N) is 3. The molecule has 0 saturated carbocycles. The van der Waals surface area contributed by atoms with Gasteiger partial charge in [-0.2, -0.15) is 0 Å². The first-order chi connectivity index (χ1) is 9.15. The molecule has 0 radical (unpaired) electrons. The molecule has 0 N–H and O–H groups in total. The maximum atomic E-state index is 12.5. The molecular formula is C13H11BrClN3O. The number of imidazole rings is 1. The summed E-state index contributed by atoms with van der Waals surface area (Å²) in [6.07, 6.45) is 3.71. The second kappa shape index (κ2) is 4.98. The third-order valence-corrected chi connectivity index (χ3v) is 4.08. The van der Waals surface area contributed by atoms with Gasteiger partial charge in [0.05, 0.1) is 12.1 Å². The minimum Gasteiger partial charge on any atom is -0.332 e. The van der Waals surface area contributed by atoms with E-state index in [4.69, 9.17) is 11.6 Å². The second-order valence-electron chi connectivity index (χ2n) is 4.39. The average molecular weight is 341 g/mol. The molecule has 0 atom stereocenters. The maximum absolute atomic E-state index is 12.5. The number of aromatic nitrogens is 2. The van der Waals surface area contributed by atoms with Gasteiger partial charge in [-0.1, -0.05) is 11.6 Å². The highest BCUT2D eigenvalue weighted by Crippen LogP contribution is 2.24. The van der Waals surface area contributed by atoms with Crippen LogP contribution in [0.5, 0.6) is 0 Å². The van der Waals surface area contributed by atoms with Gasteiger partial charge in [0.25, 0.3) is 5.91 Å². The number of halogens is 2. The predicted molar refractivity (Wildman–Crippen MR) is 76.1 cm³/mol. The third-order valence-electron chi connectivity index (χ3n) is 3.19. The minimum absolute atomic E-state index is 0.00204. The molecule has 2 aromatic rings. The summed E-state index contributed by atoms with van der Waals surface area (Å²) in [6, 6.07) is 5.21. The number of fused-ring (bicyclic) bond motifs is 1. The van der Waals surface area contributed by atoms with Gasteiger partial charge in [-0.25, -0.2) is 4.98 Å². The Balaban J connectivity index is 1.85. The minimum atomic E-state index is -0.00204. The maximum Gasteiger partial charge on any atom is 0.255 e. The third kappa shape index (κ3) is 2.40. The lowest BCUT2D eigenvalue weighted by molar-refractivity contribution is 0.0706. The molecule has 1 aromatic heterocycles. The number of benzene rings is 1. The van der Waals surface area contributed by atoms with Crippen molar-refractivity contribution in [2.45, 2.75) is 13.1 Å². The largest absolute Gasteiger partial charge is 0.332 e. The molecule has 0 unspecified atom stereocenters. The van der Waals surface area contributed by atoms with Gasteiger partial charge >= 0.3 is 0 Å². The van der Waals surface area contributed by atoms with Gasteiger partial charge in [-0.05, 0) is 34.1 Å². The molecule has 0 spiro atoms. The highest BCUT2D eigenvalue weighted by atomic mass is 79.9. The van der Waals surface area contributed by atoms with Crippen LogP contribution in [-0.4, -0.2) is 26.9 Å². The van der Waals surface area contributed by atoms with E-state index in [9.17, 15) is 4.79 Å². The summed E-state index contributed by atoms with van der Waals surface area (Å²) in [5, 5.41) is 0.609. The van der Waals surface area contributed by atoms with E-state index in [1.54, 1.807) is 29.3 Å². The monoisotopic (exact) mass is 339 g/mol. The number of carbonyl (C=O) groups is 1. The summed E-state index contributed by atoms with van der Waals surface area (Å²) >= 11 is 9.28. The van der Waals surface area contributed by atoms with Crippen molar-refractivity contribution in [1.82, 2.24) is 14.5 Å². The molecule has 1 amide bonds. The van der Waals surface area contributed by atoms with Crippen LogP contribution in [0.2, 0.25) is 5.02 Å². The van der Waals surface area contributed by atoms with Crippen LogP contribution in [0.3, 0.4) is 0 Å². The molecule has 19 heavy (non-hydrogen) atoms. The van der Waals surface area contributed by atoms with Gasteiger partial charge in [-0.15, -0.1) is 0 Å².